The van der Waals surface area contributed by atoms with Gasteiger partial charge in [0.15, 0.2) is 0 Å². The number of rotatable bonds is 4. The van der Waals surface area contributed by atoms with E-state index in [9.17, 15) is 9.59 Å². The van der Waals surface area contributed by atoms with Crippen molar-refractivity contribution in [3.63, 3.8) is 0 Å². The first kappa shape index (κ1) is 33.3. The van der Waals surface area contributed by atoms with Crippen LogP contribution in [0.15, 0.2) is 36.7 Å². The van der Waals surface area contributed by atoms with Gasteiger partial charge in [0.05, 0.1) is 11.0 Å². The van der Waals surface area contributed by atoms with Crippen molar-refractivity contribution in [2.24, 2.45) is 56.7 Å². The van der Waals surface area contributed by atoms with E-state index in [2.05, 4.69) is 70.0 Å². The normalized spacial score (nSPS) is 44.4. The average Bonchev–Trinajstić information content (AvgIpc) is 3.44. The average molecular weight is 644 g/mol. The zero-order valence-electron chi connectivity index (χ0n) is 30.4. The van der Waals surface area contributed by atoms with E-state index in [1.165, 1.54) is 37.7 Å². The Hall–Kier alpha value is -2.21. The monoisotopic (exact) mass is 643 g/mol. The van der Waals surface area contributed by atoms with Gasteiger partial charge in [0.2, 0.25) is 5.91 Å². The molecule has 1 aromatic rings. The molecule has 1 aliphatic heterocycles. The zero-order valence-corrected chi connectivity index (χ0v) is 30.4. The molecule has 1 saturated heterocycles. The Kier molecular flexibility index (Phi) is 8.09. The van der Waals surface area contributed by atoms with Crippen LogP contribution >= 0.6 is 0 Å². The smallest absolute Gasteiger partial charge is 0.339 e. The van der Waals surface area contributed by atoms with Gasteiger partial charge in [-0.3, -0.25) is 9.78 Å². The van der Waals surface area contributed by atoms with Gasteiger partial charge in [0.25, 0.3) is 0 Å². The molecule has 5 saturated carbocycles. The number of aromatic nitrogens is 1. The highest BCUT2D eigenvalue weighted by atomic mass is 16.5. The number of hydrogen-bond acceptors (Lipinski definition) is 5. The van der Waals surface area contributed by atoms with Crippen molar-refractivity contribution in [3.8, 4) is 0 Å². The predicted molar refractivity (Wildman–Crippen MR) is 186 cm³/mol. The molecular weight excluding hydrogens is 582 g/mol. The van der Waals surface area contributed by atoms with Crippen LogP contribution in [0, 0.1) is 56.7 Å². The number of hydrogen-bond donors (Lipinski definition) is 0. The van der Waals surface area contributed by atoms with Crippen LogP contribution in [0.5, 0.6) is 0 Å². The number of nitrogens with zero attached hydrogens (tertiary/aromatic N) is 3. The summed E-state index contributed by atoms with van der Waals surface area (Å²) in [7, 11) is 2.18. The molecule has 2 heterocycles. The van der Waals surface area contributed by atoms with Crippen molar-refractivity contribution in [3.05, 3.63) is 42.2 Å². The summed E-state index contributed by atoms with van der Waals surface area (Å²) in [5.41, 5.74) is 2.15. The summed E-state index contributed by atoms with van der Waals surface area (Å²) in [6.45, 7) is 23.2. The second-order valence-electron chi connectivity index (χ2n) is 18.4. The van der Waals surface area contributed by atoms with Crippen molar-refractivity contribution >= 4 is 11.9 Å². The molecular formula is C41H61N3O3. The minimum Gasteiger partial charge on any atom is -0.458 e. The van der Waals surface area contributed by atoms with Crippen molar-refractivity contribution in [2.45, 2.75) is 112 Å². The molecule has 258 valence electrons. The van der Waals surface area contributed by atoms with Crippen LogP contribution in [0.25, 0.3) is 0 Å². The molecule has 1 amide bonds. The number of carbonyl (C=O) groups is 2. The fourth-order valence-electron chi connectivity index (χ4n) is 13.7. The molecule has 7 rings (SSSR count). The number of amides is 1. The Morgan fingerprint density at radius 3 is 2.30 bits per heavy atom. The second kappa shape index (κ2) is 11.4. The summed E-state index contributed by atoms with van der Waals surface area (Å²) >= 11 is 0. The molecule has 0 spiro atoms. The topological polar surface area (TPSA) is 62.7 Å². The Morgan fingerprint density at radius 1 is 0.872 bits per heavy atom. The van der Waals surface area contributed by atoms with Gasteiger partial charge in [-0.2, -0.15) is 0 Å². The lowest BCUT2D eigenvalue weighted by molar-refractivity contribution is -0.247. The lowest BCUT2D eigenvalue weighted by atomic mass is 9.32. The Balaban J connectivity index is 1.17. The fraction of sp³-hybridized carbons (Fsp3) is 0.780. The molecule has 5 aliphatic carbocycles. The molecule has 0 radical (unpaired) electrons. The van der Waals surface area contributed by atoms with Crippen LogP contribution in [0.1, 0.15) is 116 Å². The van der Waals surface area contributed by atoms with E-state index in [1.54, 1.807) is 24.5 Å². The highest BCUT2D eigenvalue weighted by Crippen LogP contribution is 2.77. The highest BCUT2D eigenvalue weighted by molar-refractivity contribution is 5.89. The van der Waals surface area contributed by atoms with Gasteiger partial charge in [-0.25, -0.2) is 4.79 Å². The molecule has 10 atom stereocenters. The lowest BCUT2D eigenvalue weighted by Gasteiger charge is -2.73. The molecule has 0 unspecified atom stereocenters. The summed E-state index contributed by atoms with van der Waals surface area (Å²) in [6, 6.07) is 3.61. The quantitative estimate of drug-likeness (QED) is 0.246. The Bertz CT molecular complexity index is 1400. The van der Waals surface area contributed by atoms with Gasteiger partial charge in [0.1, 0.15) is 6.10 Å². The number of piperazine rings is 1. The number of allylic oxidation sites excluding steroid dienone is 1. The van der Waals surface area contributed by atoms with E-state index < -0.39 is 0 Å². The van der Waals surface area contributed by atoms with E-state index >= 15 is 0 Å². The van der Waals surface area contributed by atoms with E-state index in [0.717, 1.165) is 58.3 Å². The van der Waals surface area contributed by atoms with Crippen LogP contribution in [0.3, 0.4) is 0 Å². The molecule has 0 bridgehead atoms. The highest BCUT2D eigenvalue weighted by Gasteiger charge is 2.72. The van der Waals surface area contributed by atoms with Crippen molar-refractivity contribution in [1.82, 2.24) is 14.8 Å². The SMILES string of the molecule is C=C(C)[C@@H]1CC[C@]2(C(=O)N3CCN(C)CC3)CC[C@]3(C)[C@H](CC[C@@H]4[C@@]5(C)CC[C@H](OC(=O)c6cccnc6)C(C)(C)[C@@H]5CC[C@]43C)[C@@H]12. The minimum atomic E-state index is -0.242. The first-order chi connectivity index (χ1) is 22.2. The largest absolute Gasteiger partial charge is 0.458 e. The summed E-state index contributed by atoms with van der Waals surface area (Å²) in [5.74, 6) is 2.79. The van der Waals surface area contributed by atoms with Crippen LogP contribution < -0.4 is 0 Å². The van der Waals surface area contributed by atoms with Crippen LogP contribution in [-0.2, 0) is 9.53 Å². The minimum absolute atomic E-state index is 0.0877. The van der Waals surface area contributed by atoms with Crippen LogP contribution in [0.4, 0.5) is 0 Å². The molecule has 6 aliphatic rings. The summed E-state index contributed by atoms with van der Waals surface area (Å²) in [4.78, 5) is 36.7. The van der Waals surface area contributed by atoms with Crippen LogP contribution in [0.2, 0.25) is 0 Å². The third-order valence-electron chi connectivity index (χ3n) is 16.4. The van der Waals surface area contributed by atoms with E-state index in [0.29, 0.717) is 41.1 Å². The number of esters is 1. The third kappa shape index (κ3) is 4.76. The summed E-state index contributed by atoms with van der Waals surface area (Å²) in [5, 5.41) is 0. The fourth-order valence-corrected chi connectivity index (χ4v) is 13.7. The molecule has 6 heteroatoms. The van der Waals surface area contributed by atoms with E-state index in [-0.39, 0.29) is 39.1 Å². The maximum atomic E-state index is 14.7. The van der Waals surface area contributed by atoms with Gasteiger partial charge >= 0.3 is 5.97 Å². The number of ether oxygens (including phenoxy) is 1. The Morgan fingerprint density at radius 2 is 1.62 bits per heavy atom. The maximum Gasteiger partial charge on any atom is 0.339 e. The predicted octanol–water partition coefficient (Wildman–Crippen LogP) is 8.04. The number of carbonyl (C=O) groups excluding carboxylic acids is 2. The van der Waals surface area contributed by atoms with Gasteiger partial charge in [-0.15, -0.1) is 0 Å². The van der Waals surface area contributed by atoms with Crippen molar-refractivity contribution in [2.75, 3.05) is 33.2 Å². The first-order valence-electron chi connectivity index (χ1n) is 18.9. The summed E-state index contributed by atoms with van der Waals surface area (Å²) < 4.78 is 6.30. The van der Waals surface area contributed by atoms with Crippen molar-refractivity contribution < 1.29 is 14.3 Å². The van der Waals surface area contributed by atoms with Gasteiger partial charge in [0, 0.05) is 44.0 Å². The number of fused-ring (bicyclic) bond motifs is 7. The molecule has 1 aromatic heterocycles. The first-order valence-corrected chi connectivity index (χ1v) is 18.9. The molecule has 0 N–H and O–H groups in total. The Labute approximate surface area is 284 Å². The third-order valence-corrected chi connectivity index (χ3v) is 16.4. The molecule has 0 aromatic carbocycles. The van der Waals surface area contributed by atoms with Gasteiger partial charge in [-0.1, -0.05) is 46.8 Å². The summed E-state index contributed by atoms with van der Waals surface area (Å²) in [6.07, 6.45) is 14.5. The molecule has 47 heavy (non-hydrogen) atoms. The van der Waals surface area contributed by atoms with Crippen molar-refractivity contribution in [1.29, 1.82) is 0 Å². The van der Waals surface area contributed by atoms with Crippen LogP contribution in [-0.4, -0.2) is 66.0 Å². The zero-order chi connectivity index (χ0) is 33.6. The van der Waals surface area contributed by atoms with E-state index in [4.69, 9.17) is 4.74 Å². The molecule has 6 fully saturated rings. The van der Waals surface area contributed by atoms with E-state index in [1.807, 2.05) is 0 Å². The maximum absolute atomic E-state index is 14.7. The number of likely N-dealkylation sites (N-methyl/N-ethyl adjacent to an activating group) is 1. The van der Waals surface area contributed by atoms with Gasteiger partial charge in [-0.05, 0) is 136 Å². The van der Waals surface area contributed by atoms with Gasteiger partial charge < -0.3 is 14.5 Å². The molecule has 6 nitrogen and oxygen atoms in total. The number of pyridine rings is 1. The lowest BCUT2D eigenvalue weighted by Crippen LogP contribution is -2.67. The standard InChI is InChI=1S/C41H61N3O3/c1-27(2)29-13-18-41(36(46)44-24-22-43(8)23-25-44)20-19-39(6)30(34(29)41)11-12-32-38(5)16-15-33(47-35(45)28-10-9-21-42-26-28)37(3,4)31(38)14-17-40(32,39)7/h9-10,21,26,29-34H,1,11-20,22-25H2,2-8H3/t29-,30+,31-,32+,33-,34+,38-,39+,40+,41-/m0/s1. The second-order valence-corrected chi connectivity index (χ2v) is 18.4.